The number of rotatable bonds is 0. The molecule has 3 amide bonds. The Hall–Kier alpha value is -2.17. The van der Waals surface area contributed by atoms with E-state index in [1.165, 1.54) is 12.1 Å². The Bertz CT molecular complexity index is 431. The van der Waals surface area contributed by atoms with E-state index in [0.717, 1.165) is 7.11 Å². The SMILES string of the molecule is COC(=O)N1C(=O)c2ccccc2C1=O. The number of carbonyl (C=O) groups is 3. The van der Waals surface area contributed by atoms with Crippen molar-refractivity contribution in [1.82, 2.24) is 4.90 Å². The van der Waals surface area contributed by atoms with Gasteiger partial charge >= 0.3 is 6.09 Å². The smallest absolute Gasteiger partial charge is 0.423 e. The fourth-order valence-corrected chi connectivity index (χ4v) is 1.45. The summed E-state index contributed by atoms with van der Waals surface area (Å²) in [5.74, 6) is -1.27. The average Bonchev–Trinajstić information content (AvgIpc) is 2.52. The molecule has 1 aliphatic rings. The van der Waals surface area contributed by atoms with Gasteiger partial charge in [0.1, 0.15) is 0 Å². The minimum absolute atomic E-state index is 0.230. The number of hydrogen-bond acceptors (Lipinski definition) is 4. The van der Waals surface area contributed by atoms with Crippen LogP contribution in [-0.2, 0) is 4.74 Å². The third kappa shape index (κ3) is 1.20. The number of fused-ring (bicyclic) bond motifs is 1. The number of nitrogens with zero attached hydrogens (tertiary/aromatic N) is 1. The van der Waals surface area contributed by atoms with Crippen molar-refractivity contribution in [2.45, 2.75) is 0 Å². The number of ether oxygens (including phenoxy) is 1. The molecule has 0 aliphatic carbocycles. The number of carbonyl (C=O) groups excluding carboxylic acids is 3. The third-order valence-electron chi connectivity index (χ3n) is 2.15. The standard InChI is InChI=1S/C10H7NO4/c1-15-10(14)11-8(12)6-4-2-3-5-7(6)9(11)13/h2-5H,1H3. The van der Waals surface area contributed by atoms with Gasteiger partial charge in [0.15, 0.2) is 0 Å². The van der Waals surface area contributed by atoms with Crippen LogP contribution in [0.5, 0.6) is 0 Å². The number of imide groups is 3. The van der Waals surface area contributed by atoms with Gasteiger partial charge in [-0.15, -0.1) is 0 Å². The first-order valence-electron chi connectivity index (χ1n) is 4.22. The van der Waals surface area contributed by atoms with Crippen molar-refractivity contribution >= 4 is 17.9 Å². The van der Waals surface area contributed by atoms with Crippen molar-refractivity contribution in [1.29, 1.82) is 0 Å². The summed E-state index contributed by atoms with van der Waals surface area (Å²) in [6.45, 7) is 0. The van der Waals surface area contributed by atoms with Gasteiger partial charge in [0, 0.05) is 0 Å². The Balaban J connectivity index is 2.50. The zero-order valence-corrected chi connectivity index (χ0v) is 7.89. The number of amides is 3. The highest BCUT2D eigenvalue weighted by Crippen LogP contribution is 2.22. The van der Waals surface area contributed by atoms with Gasteiger partial charge in [-0.3, -0.25) is 9.59 Å². The lowest BCUT2D eigenvalue weighted by atomic mass is 10.1. The van der Waals surface area contributed by atoms with E-state index in [0.29, 0.717) is 4.90 Å². The molecule has 0 saturated carbocycles. The lowest BCUT2D eigenvalue weighted by molar-refractivity contribution is 0.0622. The van der Waals surface area contributed by atoms with Gasteiger partial charge in [-0.05, 0) is 12.1 Å². The molecule has 76 valence electrons. The molecule has 0 unspecified atom stereocenters. The van der Waals surface area contributed by atoms with Crippen LogP contribution in [0.3, 0.4) is 0 Å². The summed E-state index contributed by atoms with van der Waals surface area (Å²) in [5, 5.41) is 0. The van der Waals surface area contributed by atoms with Crippen molar-refractivity contribution < 1.29 is 19.1 Å². The fourth-order valence-electron chi connectivity index (χ4n) is 1.45. The molecule has 0 aromatic heterocycles. The summed E-state index contributed by atoms with van der Waals surface area (Å²) < 4.78 is 4.35. The lowest BCUT2D eigenvalue weighted by Crippen LogP contribution is -2.35. The van der Waals surface area contributed by atoms with Crippen molar-refractivity contribution in [3.63, 3.8) is 0 Å². The van der Waals surface area contributed by atoms with E-state index in [1.807, 2.05) is 0 Å². The second kappa shape index (κ2) is 3.20. The minimum Gasteiger partial charge on any atom is -0.452 e. The van der Waals surface area contributed by atoms with Crippen LogP contribution in [0.2, 0.25) is 0 Å². The first-order chi connectivity index (χ1) is 7.16. The molecule has 0 saturated heterocycles. The molecular weight excluding hydrogens is 198 g/mol. The summed E-state index contributed by atoms with van der Waals surface area (Å²) >= 11 is 0. The molecule has 1 aromatic rings. The van der Waals surface area contributed by atoms with E-state index in [-0.39, 0.29) is 11.1 Å². The predicted octanol–water partition coefficient (Wildman–Crippen LogP) is 1.05. The van der Waals surface area contributed by atoms with E-state index in [9.17, 15) is 14.4 Å². The molecule has 0 bridgehead atoms. The van der Waals surface area contributed by atoms with Crippen LogP contribution in [0, 0.1) is 0 Å². The van der Waals surface area contributed by atoms with Crippen LogP contribution in [0.15, 0.2) is 24.3 Å². The van der Waals surface area contributed by atoms with Gasteiger partial charge in [0.2, 0.25) is 0 Å². The quantitative estimate of drug-likeness (QED) is 0.594. The highest BCUT2D eigenvalue weighted by molar-refractivity contribution is 6.27. The maximum Gasteiger partial charge on any atom is 0.423 e. The number of hydrogen-bond donors (Lipinski definition) is 0. The van der Waals surface area contributed by atoms with Crippen molar-refractivity contribution in [3.05, 3.63) is 35.4 Å². The molecule has 0 radical (unpaired) electrons. The molecular formula is C10H7NO4. The molecule has 1 aliphatic heterocycles. The molecule has 5 nitrogen and oxygen atoms in total. The Labute approximate surface area is 85.2 Å². The van der Waals surface area contributed by atoms with Crippen LogP contribution in [-0.4, -0.2) is 29.9 Å². The Kier molecular flexibility index (Phi) is 2.00. The normalized spacial score (nSPS) is 14.1. The Morgan fingerprint density at radius 1 is 1.13 bits per heavy atom. The molecule has 5 heteroatoms. The molecule has 0 N–H and O–H groups in total. The van der Waals surface area contributed by atoms with Gasteiger partial charge in [0.05, 0.1) is 18.2 Å². The first kappa shape index (κ1) is 9.39. The second-order valence-corrected chi connectivity index (χ2v) is 2.96. The maximum absolute atomic E-state index is 11.6. The van der Waals surface area contributed by atoms with E-state index < -0.39 is 17.9 Å². The maximum atomic E-state index is 11.6. The minimum atomic E-state index is -0.957. The van der Waals surface area contributed by atoms with Crippen LogP contribution < -0.4 is 0 Å². The Morgan fingerprint density at radius 3 is 2.00 bits per heavy atom. The van der Waals surface area contributed by atoms with Gasteiger partial charge < -0.3 is 4.74 Å². The van der Waals surface area contributed by atoms with Crippen molar-refractivity contribution in [2.75, 3.05) is 7.11 Å². The largest absolute Gasteiger partial charge is 0.452 e. The van der Waals surface area contributed by atoms with Gasteiger partial charge in [-0.1, -0.05) is 12.1 Å². The van der Waals surface area contributed by atoms with Crippen molar-refractivity contribution in [3.8, 4) is 0 Å². The van der Waals surface area contributed by atoms with Gasteiger partial charge in [-0.2, -0.15) is 4.90 Å². The second-order valence-electron chi connectivity index (χ2n) is 2.96. The summed E-state index contributed by atoms with van der Waals surface area (Å²) in [6.07, 6.45) is -0.957. The number of benzene rings is 1. The van der Waals surface area contributed by atoms with Gasteiger partial charge in [-0.25, -0.2) is 4.79 Å². The van der Waals surface area contributed by atoms with E-state index >= 15 is 0 Å². The van der Waals surface area contributed by atoms with Crippen LogP contribution in [0.1, 0.15) is 20.7 Å². The van der Waals surface area contributed by atoms with E-state index in [2.05, 4.69) is 4.74 Å². The van der Waals surface area contributed by atoms with Gasteiger partial charge in [0.25, 0.3) is 11.8 Å². The summed E-state index contributed by atoms with van der Waals surface area (Å²) in [4.78, 5) is 34.9. The fraction of sp³-hybridized carbons (Fsp3) is 0.100. The molecule has 0 atom stereocenters. The molecule has 15 heavy (non-hydrogen) atoms. The Morgan fingerprint density at radius 2 is 1.60 bits per heavy atom. The highest BCUT2D eigenvalue weighted by Gasteiger charge is 2.40. The van der Waals surface area contributed by atoms with Crippen LogP contribution >= 0.6 is 0 Å². The predicted molar refractivity (Wildman–Crippen MR) is 49.3 cm³/mol. The zero-order chi connectivity index (χ0) is 11.0. The molecule has 1 aromatic carbocycles. The summed E-state index contributed by atoms with van der Waals surface area (Å²) in [6, 6.07) is 6.26. The van der Waals surface area contributed by atoms with E-state index in [1.54, 1.807) is 12.1 Å². The van der Waals surface area contributed by atoms with Crippen molar-refractivity contribution in [2.24, 2.45) is 0 Å². The first-order valence-corrected chi connectivity index (χ1v) is 4.22. The number of methoxy groups -OCH3 is 1. The highest BCUT2D eigenvalue weighted by atomic mass is 16.5. The summed E-state index contributed by atoms with van der Waals surface area (Å²) in [5.41, 5.74) is 0.459. The monoisotopic (exact) mass is 205 g/mol. The summed E-state index contributed by atoms with van der Waals surface area (Å²) in [7, 11) is 1.12. The lowest BCUT2D eigenvalue weighted by Gasteiger charge is -2.08. The molecule has 0 spiro atoms. The molecule has 1 heterocycles. The van der Waals surface area contributed by atoms with E-state index in [4.69, 9.17) is 0 Å². The topological polar surface area (TPSA) is 63.7 Å². The van der Waals surface area contributed by atoms with Crippen LogP contribution in [0.25, 0.3) is 0 Å². The average molecular weight is 205 g/mol. The van der Waals surface area contributed by atoms with Crippen LogP contribution in [0.4, 0.5) is 4.79 Å². The molecule has 2 rings (SSSR count). The molecule has 0 fully saturated rings. The third-order valence-corrected chi connectivity index (χ3v) is 2.15. The zero-order valence-electron chi connectivity index (χ0n) is 7.89.